The minimum absolute atomic E-state index is 0.221. The van der Waals surface area contributed by atoms with Gasteiger partial charge in [-0.1, -0.05) is 59.3 Å². The summed E-state index contributed by atoms with van der Waals surface area (Å²) < 4.78 is 29.1. The average Bonchev–Trinajstić information content (AvgIpc) is 3.49. The number of fused-ring (bicyclic) bond motifs is 2. The Labute approximate surface area is 249 Å². The first-order chi connectivity index (χ1) is 20.3. The summed E-state index contributed by atoms with van der Waals surface area (Å²) in [6.07, 6.45) is 3.73. The van der Waals surface area contributed by atoms with Gasteiger partial charge in [-0.05, 0) is 43.3 Å². The van der Waals surface area contributed by atoms with Gasteiger partial charge in [0, 0.05) is 38.8 Å². The highest BCUT2D eigenvalue weighted by molar-refractivity contribution is 7.07. The van der Waals surface area contributed by atoms with E-state index in [1.54, 1.807) is 37.3 Å². The van der Waals surface area contributed by atoms with Crippen LogP contribution in [0.25, 0.3) is 17.0 Å². The van der Waals surface area contributed by atoms with Gasteiger partial charge in [-0.15, -0.1) is 0 Å². The second kappa shape index (κ2) is 11.1. The fraction of sp³-hybridized carbons (Fsp3) is 0.156. The SMILES string of the molecule is COC(=O)C1=C(C)N=c2s/c(=C\c3cn(Cc4ccccc4F)c4ccccc34)c(=O)n2[C@H]1c1cc(Cl)ccc1OC. The predicted octanol–water partition coefficient (Wildman–Crippen LogP) is 5.21. The first-order valence-corrected chi connectivity index (χ1v) is 14.3. The van der Waals surface area contributed by atoms with Crippen molar-refractivity contribution < 1.29 is 18.7 Å². The molecule has 6 rings (SSSR count). The Morgan fingerprint density at radius 3 is 2.64 bits per heavy atom. The van der Waals surface area contributed by atoms with E-state index in [9.17, 15) is 14.0 Å². The average molecular weight is 602 g/mol. The number of thiazole rings is 1. The zero-order valence-electron chi connectivity index (χ0n) is 22.9. The van der Waals surface area contributed by atoms with Gasteiger partial charge >= 0.3 is 5.97 Å². The molecule has 0 radical (unpaired) electrons. The summed E-state index contributed by atoms with van der Waals surface area (Å²) >= 11 is 7.59. The summed E-state index contributed by atoms with van der Waals surface area (Å²) in [7, 11) is 2.80. The zero-order valence-corrected chi connectivity index (χ0v) is 24.5. The molecule has 3 heterocycles. The van der Waals surface area contributed by atoms with Crippen molar-refractivity contribution in [2.45, 2.75) is 19.5 Å². The van der Waals surface area contributed by atoms with Gasteiger partial charge in [0.15, 0.2) is 4.80 Å². The Morgan fingerprint density at radius 2 is 1.88 bits per heavy atom. The zero-order chi connectivity index (χ0) is 29.5. The van der Waals surface area contributed by atoms with Crippen molar-refractivity contribution in [2.75, 3.05) is 14.2 Å². The van der Waals surface area contributed by atoms with Gasteiger partial charge in [0.05, 0.1) is 36.6 Å². The molecule has 10 heteroatoms. The molecule has 212 valence electrons. The molecule has 7 nitrogen and oxygen atoms in total. The summed E-state index contributed by atoms with van der Waals surface area (Å²) in [5.74, 6) is -0.418. The van der Waals surface area contributed by atoms with Crippen LogP contribution in [0, 0.1) is 5.82 Å². The standard InChI is InChI=1S/C32H25ClFN3O4S/c1-18-28(31(39)41-3)29(23-15-21(33)12-13-26(23)40-2)37-30(38)27(42-32(37)35-18)14-20-17-36(25-11-7-5-9-22(20)25)16-19-8-4-6-10-24(19)34/h4-15,17,29H,16H2,1-3H3/b27-14-/t29-/m0/s1. The van der Waals surface area contributed by atoms with Crippen LogP contribution in [-0.4, -0.2) is 29.3 Å². The minimum atomic E-state index is -0.869. The van der Waals surface area contributed by atoms with E-state index in [1.807, 2.05) is 47.2 Å². The molecular formula is C32H25ClFN3O4S. The second-order valence-electron chi connectivity index (χ2n) is 9.78. The topological polar surface area (TPSA) is 74.8 Å². The highest BCUT2D eigenvalue weighted by atomic mass is 35.5. The van der Waals surface area contributed by atoms with Crippen LogP contribution < -0.4 is 19.6 Å². The van der Waals surface area contributed by atoms with E-state index in [-0.39, 0.29) is 16.9 Å². The Morgan fingerprint density at radius 1 is 1.12 bits per heavy atom. The number of halogens is 2. The number of carbonyl (C=O) groups excluding carboxylic acids is 1. The molecule has 1 aliphatic heterocycles. The molecule has 42 heavy (non-hydrogen) atoms. The lowest BCUT2D eigenvalue weighted by Gasteiger charge is -2.25. The molecule has 0 amide bonds. The van der Waals surface area contributed by atoms with Crippen molar-refractivity contribution in [3.05, 3.63) is 131 Å². The molecule has 0 aliphatic carbocycles. The van der Waals surface area contributed by atoms with Gasteiger partial charge in [0.1, 0.15) is 17.6 Å². The monoisotopic (exact) mass is 601 g/mol. The normalized spacial score (nSPS) is 15.1. The van der Waals surface area contributed by atoms with E-state index in [2.05, 4.69) is 4.99 Å². The predicted molar refractivity (Wildman–Crippen MR) is 161 cm³/mol. The third kappa shape index (κ3) is 4.74. The highest BCUT2D eigenvalue weighted by Crippen LogP contribution is 2.37. The number of para-hydroxylation sites is 1. The van der Waals surface area contributed by atoms with Gasteiger partial charge in [-0.3, -0.25) is 9.36 Å². The van der Waals surface area contributed by atoms with Gasteiger partial charge in [0.25, 0.3) is 5.56 Å². The van der Waals surface area contributed by atoms with Crippen molar-refractivity contribution in [2.24, 2.45) is 4.99 Å². The maximum absolute atomic E-state index is 14.5. The number of aromatic nitrogens is 2. The Hall–Kier alpha value is -4.47. The molecule has 3 aromatic carbocycles. The van der Waals surface area contributed by atoms with Crippen molar-refractivity contribution in [3.63, 3.8) is 0 Å². The number of hydrogen-bond acceptors (Lipinski definition) is 6. The van der Waals surface area contributed by atoms with E-state index in [0.29, 0.717) is 43.5 Å². The quantitative estimate of drug-likeness (QED) is 0.250. The number of benzene rings is 3. The molecule has 0 fully saturated rings. The molecule has 0 N–H and O–H groups in total. The lowest BCUT2D eigenvalue weighted by atomic mass is 9.95. The molecule has 0 bridgehead atoms. The first-order valence-electron chi connectivity index (χ1n) is 13.1. The summed E-state index contributed by atoms with van der Waals surface area (Å²) in [4.78, 5) is 32.2. The van der Waals surface area contributed by atoms with Gasteiger partial charge in [-0.2, -0.15) is 0 Å². The number of methoxy groups -OCH3 is 2. The highest BCUT2D eigenvalue weighted by Gasteiger charge is 2.35. The van der Waals surface area contributed by atoms with Crippen LogP contribution in [0.2, 0.25) is 5.02 Å². The summed E-state index contributed by atoms with van der Waals surface area (Å²) in [6.45, 7) is 2.04. The lowest BCUT2D eigenvalue weighted by Crippen LogP contribution is -2.40. The fourth-order valence-corrected chi connectivity index (χ4v) is 6.60. The molecule has 1 atom stereocenters. The van der Waals surface area contributed by atoms with Gasteiger partial charge in [0.2, 0.25) is 0 Å². The molecule has 0 saturated carbocycles. The summed E-state index contributed by atoms with van der Waals surface area (Å²) in [5, 5.41) is 1.34. The van der Waals surface area contributed by atoms with E-state index in [4.69, 9.17) is 21.1 Å². The van der Waals surface area contributed by atoms with Crippen molar-refractivity contribution >= 4 is 45.9 Å². The first kappa shape index (κ1) is 27.7. The summed E-state index contributed by atoms with van der Waals surface area (Å²) in [5.41, 5.74) is 3.13. The number of esters is 1. The smallest absolute Gasteiger partial charge is 0.338 e. The van der Waals surface area contributed by atoms with E-state index < -0.39 is 12.0 Å². The molecule has 2 aromatic heterocycles. The number of carbonyl (C=O) groups is 1. The molecule has 1 aliphatic rings. The number of nitrogens with zero attached hydrogens (tertiary/aromatic N) is 3. The van der Waals surface area contributed by atoms with Crippen molar-refractivity contribution in [3.8, 4) is 5.75 Å². The third-order valence-electron chi connectivity index (χ3n) is 7.32. The van der Waals surface area contributed by atoms with Crippen molar-refractivity contribution in [1.29, 1.82) is 0 Å². The Balaban J connectivity index is 1.56. The van der Waals surface area contributed by atoms with E-state index in [1.165, 1.54) is 36.2 Å². The maximum atomic E-state index is 14.5. The van der Waals surface area contributed by atoms with Crippen LogP contribution in [0.15, 0.2) is 94.0 Å². The van der Waals surface area contributed by atoms with Crippen LogP contribution in [-0.2, 0) is 16.1 Å². The molecule has 0 spiro atoms. The minimum Gasteiger partial charge on any atom is -0.496 e. The largest absolute Gasteiger partial charge is 0.496 e. The van der Waals surface area contributed by atoms with Crippen molar-refractivity contribution in [1.82, 2.24) is 9.13 Å². The Kier molecular flexibility index (Phi) is 7.30. The summed E-state index contributed by atoms with van der Waals surface area (Å²) in [6, 6.07) is 18.6. The molecule has 0 unspecified atom stereocenters. The Bertz CT molecular complexity index is 2090. The number of allylic oxidation sites excluding steroid dienone is 1. The van der Waals surface area contributed by atoms with Crippen LogP contribution in [0.1, 0.15) is 29.7 Å². The fourth-order valence-electron chi connectivity index (χ4n) is 5.38. The van der Waals surface area contributed by atoms with Gasteiger partial charge in [-0.25, -0.2) is 14.2 Å². The molecule has 5 aromatic rings. The van der Waals surface area contributed by atoms with E-state index in [0.717, 1.165) is 16.5 Å². The number of ether oxygens (including phenoxy) is 2. The van der Waals surface area contributed by atoms with Crippen LogP contribution in [0.4, 0.5) is 4.39 Å². The van der Waals surface area contributed by atoms with E-state index >= 15 is 0 Å². The molecule has 0 saturated heterocycles. The number of hydrogen-bond donors (Lipinski definition) is 0. The van der Waals surface area contributed by atoms with Crippen LogP contribution >= 0.6 is 22.9 Å². The molecular weight excluding hydrogens is 577 g/mol. The lowest BCUT2D eigenvalue weighted by molar-refractivity contribution is -0.136. The number of rotatable bonds is 6. The van der Waals surface area contributed by atoms with Crippen LogP contribution in [0.3, 0.4) is 0 Å². The van der Waals surface area contributed by atoms with Gasteiger partial charge < -0.3 is 14.0 Å². The maximum Gasteiger partial charge on any atom is 0.338 e. The van der Waals surface area contributed by atoms with Crippen LogP contribution in [0.5, 0.6) is 5.75 Å². The third-order valence-corrected chi connectivity index (χ3v) is 8.54. The second-order valence-corrected chi connectivity index (χ2v) is 11.2.